The highest BCUT2D eigenvalue weighted by atomic mass is 16.5. The normalized spacial score (nSPS) is 50.5. The summed E-state index contributed by atoms with van der Waals surface area (Å²) >= 11 is 0. The summed E-state index contributed by atoms with van der Waals surface area (Å²) in [6, 6.07) is 0.133. The van der Waals surface area contributed by atoms with Crippen molar-refractivity contribution < 1.29 is 19.1 Å². The van der Waals surface area contributed by atoms with Crippen LogP contribution in [0.15, 0.2) is 0 Å². The second-order valence-electron chi connectivity index (χ2n) is 15.2. The zero-order chi connectivity index (χ0) is 27.9. The van der Waals surface area contributed by atoms with Crippen LogP contribution in [0.25, 0.3) is 0 Å². The largest absolute Gasteiger partial charge is 0.357 e. The molecule has 6 aliphatic rings. The number of piperidine rings is 1. The number of carbonyl (C=O) groups excluding carboxylic acids is 3. The lowest BCUT2D eigenvalue weighted by molar-refractivity contribution is -0.160. The Morgan fingerprint density at radius 3 is 2.51 bits per heavy atom. The van der Waals surface area contributed by atoms with Gasteiger partial charge in [-0.1, -0.05) is 27.7 Å². The van der Waals surface area contributed by atoms with Crippen LogP contribution in [0.2, 0.25) is 0 Å². The molecule has 2 saturated heterocycles. The van der Waals surface area contributed by atoms with E-state index in [0.717, 1.165) is 38.6 Å². The molecule has 1 spiro atoms. The minimum atomic E-state index is -0.271. The summed E-state index contributed by atoms with van der Waals surface area (Å²) in [5, 5.41) is 6.96. The summed E-state index contributed by atoms with van der Waals surface area (Å²) in [6.07, 6.45) is 9.44. The van der Waals surface area contributed by atoms with Crippen LogP contribution >= 0.6 is 0 Å². The number of ether oxygens (including phenoxy) is 1. The molecule has 1 unspecified atom stereocenters. The van der Waals surface area contributed by atoms with E-state index in [4.69, 9.17) is 4.74 Å². The zero-order valence-corrected chi connectivity index (χ0v) is 25.1. The predicted octanol–water partition coefficient (Wildman–Crippen LogP) is 4.15. The van der Waals surface area contributed by atoms with Gasteiger partial charge in [0.15, 0.2) is 0 Å². The lowest BCUT2D eigenvalue weighted by Crippen LogP contribution is -2.60. The third kappa shape index (κ3) is 4.14. The van der Waals surface area contributed by atoms with E-state index in [1.807, 2.05) is 0 Å². The van der Waals surface area contributed by atoms with Crippen LogP contribution in [-0.2, 0) is 19.1 Å². The highest BCUT2D eigenvalue weighted by Gasteiger charge is 2.71. The Morgan fingerprint density at radius 1 is 1.05 bits per heavy atom. The quantitative estimate of drug-likeness (QED) is 0.524. The van der Waals surface area contributed by atoms with E-state index < -0.39 is 0 Å². The molecule has 2 N–H and O–H groups in total. The van der Waals surface area contributed by atoms with Crippen LogP contribution < -0.4 is 10.6 Å². The fourth-order valence-electron chi connectivity index (χ4n) is 10.8. The van der Waals surface area contributed by atoms with E-state index in [1.54, 1.807) is 14.1 Å². The summed E-state index contributed by atoms with van der Waals surface area (Å²) in [7, 11) is 3.37. The number of Topliss-reactive ketones (excluding diaryl/α,β-unsaturated/α-hetero) is 1. The van der Waals surface area contributed by atoms with Crippen molar-refractivity contribution in [3.05, 3.63) is 0 Å². The molecule has 2 heterocycles. The molecule has 0 aromatic rings. The number of amides is 2. The third-order valence-electron chi connectivity index (χ3n) is 13.2. The molecule has 4 aliphatic carbocycles. The van der Waals surface area contributed by atoms with Crippen LogP contribution in [0.3, 0.4) is 0 Å². The van der Waals surface area contributed by atoms with Crippen molar-refractivity contribution in [2.45, 2.75) is 110 Å². The fourth-order valence-corrected chi connectivity index (χ4v) is 10.8. The molecule has 4 saturated carbocycles. The Morgan fingerprint density at radius 2 is 1.82 bits per heavy atom. The van der Waals surface area contributed by atoms with Gasteiger partial charge >= 0.3 is 0 Å². The molecule has 0 aromatic carbocycles. The van der Waals surface area contributed by atoms with E-state index in [2.05, 4.69) is 38.3 Å². The molecule has 0 radical (unpaired) electrons. The molecule has 7 heteroatoms. The van der Waals surface area contributed by atoms with Gasteiger partial charge in [-0.2, -0.15) is 0 Å². The Bertz CT molecular complexity index is 1020. The van der Waals surface area contributed by atoms with Crippen molar-refractivity contribution in [3.63, 3.8) is 0 Å². The van der Waals surface area contributed by atoms with Gasteiger partial charge in [0.25, 0.3) is 0 Å². The Kier molecular flexibility index (Phi) is 6.77. The summed E-state index contributed by atoms with van der Waals surface area (Å²) in [5.74, 6) is 3.52. The average Bonchev–Trinajstić information content (AvgIpc) is 3.33. The maximum atomic E-state index is 14.3. The monoisotopic (exact) mass is 541 g/mol. The van der Waals surface area contributed by atoms with E-state index in [1.165, 1.54) is 24.2 Å². The number of rotatable bonds is 3. The Balaban J connectivity index is 1.16. The first-order valence-electron chi connectivity index (χ1n) is 15.8. The summed E-state index contributed by atoms with van der Waals surface area (Å²) < 4.78 is 6.95. The van der Waals surface area contributed by atoms with Crippen molar-refractivity contribution in [1.29, 1.82) is 0 Å². The van der Waals surface area contributed by atoms with Gasteiger partial charge < -0.3 is 15.0 Å². The number of fused-ring (bicyclic) bond motifs is 7. The standard InChI is InChI=1S/C32H51N3O4/c1-18-9-12-32(33-17-18)19(2)29-25(39-32)14-24-22-8-7-20-13-21(34-27(37)16-28(38)35(5)6)10-11-30(20,3)23(22)15-26(36)31(24,29)4/h18-25,29,33H,7-17H2,1-6H3,(H,34,37)/t18-,19-,20+,21?,22+,23-,24-,25-,29-,30-,31+,32+/m0/s1. The first kappa shape index (κ1) is 27.7. The van der Waals surface area contributed by atoms with Gasteiger partial charge in [-0.25, -0.2) is 0 Å². The number of nitrogens with zero attached hydrogens (tertiary/aromatic N) is 1. The Labute approximate surface area is 234 Å². The van der Waals surface area contributed by atoms with Gasteiger partial charge in [0.2, 0.25) is 11.8 Å². The van der Waals surface area contributed by atoms with Gasteiger partial charge in [-0.15, -0.1) is 0 Å². The molecule has 6 fully saturated rings. The SMILES string of the molecule is C[C@H]1CC[C@@]2(NC1)O[C@H]1C[C@H]3[C@@H]4CC[C@@H]5CC(NC(=O)CC(=O)N(C)C)CC[C@]5(C)[C@H]4CC(=O)[C@]3(C)[C@H]1[C@@H]2C. The maximum Gasteiger partial charge on any atom is 0.231 e. The van der Waals surface area contributed by atoms with Crippen LogP contribution in [0.4, 0.5) is 0 Å². The molecule has 218 valence electrons. The van der Waals surface area contributed by atoms with E-state index in [0.29, 0.717) is 53.6 Å². The van der Waals surface area contributed by atoms with Crippen LogP contribution in [0.5, 0.6) is 0 Å². The first-order chi connectivity index (χ1) is 18.4. The number of carbonyl (C=O) groups is 3. The first-order valence-corrected chi connectivity index (χ1v) is 15.8. The molecule has 12 atom stereocenters. The van der Waals surface area contributed by atoms with E-state index in [-0.39, 0.29) is 46.9 Å². The lowest BCUT2D eigenvalue weighted by atomic mass is 9.44. The number of hydrogen-bond acceptors (Lipinski definition) is 5. The minimum Gasteiger partial charge on any atom is -0.357 e. The summed E-state index contributed by atoms with van der Waals surface area (Å²) in [6.45, 7) is 10.5. The van der Waals surface area contributed by atoms with Crippen molar-refractivity contribution in [2.75, 3.05) is 20.6 Å². The van der Waals surface area contributed by atoms with Gasteiger partial charge in [0.05, 0.1) is 6.10 Å². The van der Waals surface area contributed by atoms with Crippen molar-refractivity contribution in [1.82, 2.24) is 15.5 Å². The topological polar surface area (TPSA) is 87.7 Å². The predicted molar refractivity (Wildman–Crippen MR) is 149 cm³/mol. The second-order valence-corrected chi connectivity index (χ2v) is 15.2. The molecule has 2 aliphatic heterocycles. The Hall–Kier alpha value is -1.47. The molecule has 0 aromatic heterocycles. The summed E-state index contributed by atoms with van der Waals surface area (Å²) in [5.41, 5.74) is -0.365. The minimum absolute atomic E-state index is 0.0798. The molecule has 39 heavy (non-hydrogen) atoms. The average molecular weight is 542 g/mol. The third-order valence-corrected chi connectivity index (χ3v) is 13.2. The van der Waals surface area contributed by atoms with Crippen molar-refractivity contribution in [3.8, 4) is 0 Å². The zero-order valence-electron chi connectivity index (χ0n) is 25.1. The summed E-state index contributed by atoms with van der Waals surface area (Å²) in [4.78, 5) is 40.3. The molecular weight excluding hydrogens is 490 g/mol. The van der Waals surface area contributed by atoms with Crippen LogP contribution in [-0.4, -0.2) is 61.0 Å². The second kappa shape index (κ2) is 9.54. The fraction of sp³-hybridized carbons (Fsp3) is 0.906. The maximum absolute atomic E-state index is 14.3. The smallest absolute Gasteiger partial charge is 0.231 e. The highest BCUT2D eigenvalue weighted by Crippen LogP contribution is 2.70. The van der Waals surface area contributed by atoms with Crippen LogP contribution in [0, 0.1) is 52.3 Å². The number of hydrogen-bond donors (Lipinski definition) is 2. The van der Waals surface area contributed by atoms with Gasteiger partial charge in [0.1, 0.15) is 17.9 Å². The molecular formula is C32H51N3O4. The van der Waals surface area contributed by atoms with Crippen LogP contribution in [0.1, 0.15) is 91.9 Å². The van der Waals surface area contributed by atoms with Gasteiger partial charge in [-0.3, -0.25) is 19.7 Å². The van der Waals surface area contributed by atoms with E-state index >= 15 is 0 Å². The molecule has 2 amide bonds. The van der Waals surface area contributed by atoms with Crippen molar-refractivity contribution in [2.24, 2.45) is 52.3 Å². The molecule has 0 bridgehead atoms. The molecule has 7 nitrogen and oxygen atoms in total. The van der Waals surface area contributed by atoms with Crippen molar-refractivity contribution >= 4 is 17.6 Å². The lowest BCUT2D eigenvalue weighted by Gasteiger charge is -2.60. The molecule has 6 rings (SSSR count). The number of nitrogens with one attached hydrogen (secondary N) is 2. The highest BCUT2D eigenvalue weighted by molar-refractivity contribution is 5.96. The number of ketones is 1. The van der Waals surface area contributed by atoms with Gasteiger partial charge in [-0.05, 0) is 86.4 Å². The van der Waals surface area contributed by atoms with E-state index in [9.17, 15) is 14.4 Å². The van der Waals surface area contributed by atoms with Gasteiger partial charge in [0, 0.05) is 50.4 Å².